The highest BCUT2D eigenvalue weighted by atomic mass is 16.2. The number of H-pyrrole nitrogens is 1. The average molecular weight is 337 g/mol. The van der Waals surface area contributed by atoms with E-state index in [1.165, 1.54) is 0 Å². The van der Waals surface area contributed by atoms with Crippen LogP contribution in [0, 0.1) is 6.92 Å². The van der Waals surface area contributed by atoms with Gasteiger partial charge in [-0.1, -0.05) is 6.07 Å². The highest BCUT2D eigenvalue weighted by molar-refractivity contribution is 6.04. The molecule has 0 spiro atoms. The fourth-order valence-electron chi connectivity index (χ4n) is 3.49. The first-order valence-electron chi connectivity index (χ1n) is 8.41. The molecule has 0 fully saturated rings. The zero-order chi connectivity index (χ0) is 17.6. The molecule has 3 heterocycles. The Hall–Kier alpha value is -2.96. The van der Waals surface area contributed by atoms with Crippen LogP contribution in [0.15, 0.2) is 24.4 Å². The third-order valence-electron chi connectivity index (χ3n) is 4.74. The number of fused-ring (bicyclic) bond motifs is 2. The number of carbonyl (C=O) groups excluding carboxylic acids is 2. The number of hydrogen-bond donors (Lipinski definition) is 2. The zero-order valence-electron chi connectivity index (χ0n) is 14.2. The lowest BCUT2D eigenvalue weighted by Gasteiger charge is -2.12. The molecule has 0 radical (unpaired) electrons. The van der Waals surface area contributed by atoms with E-state index in [0.29, 0.717) is 23.5 Å². The number of ketones is 1. The average Bonchev–Trinajstić information content (AvgIpc) is 3.17. The Labute approximate surface area is 144 Å². The molecule has 1 aliphatic carbocycles. The van der Waals surface area contributed by atoms with Crippen LogP contribution in [0.1, 0.15) is 63.7 Å². The molecule has 7 nitrogen and oxygen atoms in total. The molecule has 0 bridgehead atoms. The fraction of sp³-hybridized carbons (Fsp3) is 0.333. The molecule has 0 saturated carbocycles. The normalized spacial score (nSPS) is 15.2. The van der Waals surface area contributed by atoms with E-state index in [4.69, 9.17) is 0 Å². The quantitative estimate of drug-likeness (QED) is 0.767. The Morgan fingerprint density at radius 2 is 2.16 bits per heavy atom. The van der Waals surface area contributed by atoms with Crippen molar-refractivity contribution in [3.05, 3.63) is 52.7 Å². The van der Waals surface area contributed by atoms with Crippen LogP contribution in [-0.2, 0) is 6.42 Å². The summed E-state index contributed by atoms with van der Waals surface area (Å²) in [6.45, 7) is 3.69. The molecule has 7 heteroatoms. The van der Waals surface area contributed by atoms with Crippen molar-refractivity contribution in [2.24, 2.45) is 0 Å². The van der Waals surface area contributed by atoms with Crippen molar-refractivity contribution in [1.82, 2.24) is 24.9 Å². The number of aromatic amines is 1. The molecule has 1 unspecified atom stereocenters. The predicted molar refractivity (Wildman–Crippen MR) is 91.7 cm³/mol. The summed E-state index contributed by atoms with van der Waals surface area (Å²) in [5.41, 5.74) is 3.49. The van der Waals surface area contributed by atoms with E-state index in [1.54, 1.807) is 0 Å². The van der Waals surface area contributed by atoms with Crippen LogP contribution in [0.2, 0.25) is 0 Å². The Morgan fingerprint density at radius 3 is 2.96 bits per heavy atom. The van der Waals surface area contributed by atoms with Gasteiger partial charge >= 0.3 is 0 Å². The summed E-state index contributed by atoms with van der Waals surface area (Å²) in [5.74, 6) is 0.541. The lowest BCUT2D eigenvalue weighted by atomic mass is 9.94. The molecular weight excluding hydrogens is 318 g/mol. The monoisotopic (exact) mass is 337 g/mol. The number of pyridine rings is 1. The van der Waals surface area contributed by atoms with E-state index >= 15 is 0 Å². The van der Waals surface area contributed by atoms with Crippen LogP contribution in [0.25, 0.3) is 5.65 Å². The van der Waals surface area contributed by atoms with E-state index < -0.39 is 0 Å². The van der Waals surface area contributed by atoms with E-state index in [1.807, 2.05) is 42.6 Å². The molecule has 1 aliphatic rings. The van der Waals surface area contributed by atoms with Gasteiger partial charge in [-0.2, -0.15) is 0 Å². The molecule has 128 valence electrons. The molecule has 3 aromatic rings. The van der Waals surface area contributed by atoms with E-state index in [0.717, 1.165) is 29.7 Å². The third kappa shape index (κ3) is 2.52. The van der Waals surface area contributed by atoms with Crippen molar-refractivity contribution in [2.45, 2.75) is 39.2 Å². The highest BCUT2D eigenvalue weighted by Crippen LogP contribution is 2.26. The maximum absolute atomic E-state index is 12.7. The number of aromatic nitrogens is 4. The van der Waals surface area contributed by atoms with Gasteiger partial charge < -0.3 is 10.3 Å². The maximum atomic E-state index is 12.7. The molecule has 4 rings (SSSR count). The Morgan fingerprint density at radius 1 is 1.32 bits per heavy atom. The minimum Gasteiger partial charge on any atom is -0.354 e. The summed E-state index contributed by atoms with van der Waals surface area (Å²) in [7, 11) is 0. The lowest BCUT2D eigenvalue weighted by molar-refractivity contribution is 0.0932. The van der Waals surface area contributed by atoms with Crippen LogP contribution < -0.4 is 5.32 Å². The van der Waals surface area contributed by atoms with Crippen LogP contribution in [-0.4, -0.2) is 31.3 Å². The van der Waals surface area contributed by atoms with Gasteiger partial charge in [-0.15, -0.1) is 10.2 Å². The summed E-state index contributed by atoms with van der Waals surface area (Å²) in [5, 5.41) is 11.2. The van der Waals surface area contributed by atoms with Crippen LogP contribution in [0.3, 0.4) is 0 Å². The summed E-state index contributed by atoms with van der Waals surface area (Å²) < 4.78 is 1.85. The van der Waals surface area contributed by atoms with Crippen molar-refractivity contribution in [1.29, 1.82) is 0 Å². The third-order valence-corrected chi connectivity index (χ3v) is 4.74. The number of amides is 1. The summed E-state index contributed by atoms with van der Waals surface area (Å²) in [6, 6.07) is 5.32. The molecule has 2 N–H and O–H groups in total. The van der Waals surface area contributed by atoms with E-state index in [-0.39, 0.29) is 17.7 Å². The van der Waals surface area contributed by atoms with Gasteiger partial charge in [-0.05, 0) is 44.4 Å². The molecule has 1 atom stereocenters. The number of hydrogen-bond acceptors (Lipinski definition) is 4. The van der Waals surface area contributed by atoms with Gasteiger partial charge in [-0.25, -0.2) is 0 Å². The lowest BCUT2D eigenvalue weighted by Crippen LogP contribution is -2.28. The van der Waals surface area contributed by atoms with Gasteiger partial charge in [0, 0.05) is 23.9 Å². The van der Waals surface area contributed by atoms with Crippen LogP contribution >= 0.6 is 0 Å². The van der Waals surface area contributed by atoms with Crippen LogP contribution in [0.5, 0.6) is 0 Å². The summed E-state index contributed by atoms with van der Waals surface area (Å²) in [4.78, 5) is 28.0. The first kappa shape index (κ1) is 15.6. The first-order chi connectivity index (χ1) is 12.1. The van der Waals surface area contributed by atoms with Crippen molar-refractivity contribution in [2.75, 3.05) is 0 Å². The Kier molecular flexibility index (Phi) is 3.63. The molecule has 0 aromatic carbocycles. The molecule has 1 amide bonds. The standard InChI is InChI=1S/C18H19N5O2/c1-10-15-12(6-5-7-13(15)24)20-16(10)18(25)19-11(2)17-22-21-14-8-3-4-9-23(14)17/h3-4,8-9,11,20H,5-7H2,1-2H3,(H,19,25). The van der Waals surface area contributed by atoms with E-state index in [2.05, 4.69) is 20.5 Å². The minimum absolute atomic E-state index is 0.116. The van der Waals surface area contributed by atoms with Gasteiger partial charge in [0.1, 0.15) is 5.69 Å². The largest absolute Gasteiger partial charge is 0.354 e. The summed E-state index contributed by atoms with van der Waals surface area (Å²) in [6.07, 6.45) is 4.05. The number of nitrogens with one attached hydrogen (secondary N) is 2. The maximum Gasteiger partial charge on any atom is 0.268 e. The highest BCUT2D eigenvalue weighted by Gasteiger charge is 2.27. The second-order valence-electron chi connectivity index (χ2n) is 6.44. The molecule has 0 aliphatic heterocycles. The van der Waals surface area contributed by atoms with Gasteiger partial charge in [0.05, 0.1) is 6.04 Å². The van der Waals surface area contributed by atoms with Gasteiger partial charge in [0.15, 0.2) is 17.3 Å². The fourth-order valence-corrected chi connectivity index (χ4v) is 3.49. The number of carbonyl (C=O) groups is 2. The topological polar surface area (TPSA) is 92.2 Å². The SMILES string of the molecule is Cc1c(C(=O)NC(C)c2nnc3ccccn23)[nH]c2c1C(=O)CCC2. The summed E-state index contributed by atoms with van der Waals surface area (Å²) >= 11 is 0. The molecule has 0 saturated heterocycles. The smallest absolute Gasteiger partial charge is 0.268 e. The number of rotatable bonds is 3. The number of Topliss-reactive ketones (excluding diaryl/α,β-unsaturated/α-hetero) is 1. The van der Waals surface area contributed by atoms with Gasteiger partial charge in [-0.3, -0.25) is 14.0 Å². The second-order valence-corrected chi connectivity index (χ2v) is 6.44. The second kappa shape index (κ2) is 5.84. The minimum atomic E-state index is -0.319. The molecule has 25 heavy (non-hydrogen) atoms. The Bertz CT molecular complexity index is 985. The van der Waals surface area contributed by atoms with E-state index in [9.17, 15) is 9.59 Å². The molecule has 3 aromatic heterocycles. The van der Waals surface area contributed by atoms with Crippen molar-refractivity contribution >= 4 is 17.3 Å². The number of aryl methyl sites for hydroxylation is 1. The van der Waals surface area contributed by atoms with Crippen molar-refractivity contribution < 1.29 is 9.59 Å². The zero-order valence-corrected chi connectivity index (χ0v) is 14.2. The van der Waals surface area contributed by atoms with Crippen molar-refractivity contribution in [3.8, 4) is 0 Å². The van der Waals surface area contributed by atoms with Gasteiger partial charge in [0.25, 0.3) is 5.91 Å². The first-order valence-corrected chi connectivity index (χ1v) is 8.41. The van der Waals surface area contributed by atoms with Crippen LogP contribution in [0.4, 0.5) is 0 Å². The molecular formula is C18H19N5O2. The Balaban J connectivity index is 1.61. The van der Waals surface area contributed by atoms with Crippen molar-refractivity contribution in [3.63, 3.8) is 0 Å². The van der Waals surface area contributed by atoms with Gasteiger partial charge in [0.2, 0.25) is 0 Å². The predicted octanol–water partition coefficient (Wildman–Crippen LogP) is 2.38. The number of nitrogens with zero attached hydrogens (tertiary/aromatic N) is 3.